The molecule has 2 rings (SSSR count). The Labute approximate surface area is 119 Å². The van der Waals surface area contributed by atoms with E-state index in [4.69, 9.17) is 0 Å². The molecule has 102 valence electrons. The molecule has 0 radical (unpaired) electrons. The molecule has 0 fully saturated rings. The molecule has 0 bridgehead atoms. The fourth-order valence-corrected chi connectivity index (χ4v) is 2.75. The molecule has 1 N–H and O–H groups in total. The summed E-state index contributed by atoms with van der Waals surface area (Å²) in [6.45, 7) is 7.21. The van der Waals surface area contributed by atoms with Crippen molar-refractivity contribution in [2.45, 2.75) is 37.6 Å². The summed E-state index contributed by atoms with van der Waals surface area (Å²) in [7, 11) is 0. The first-order chi connectivity index (χ1) is 9.33. The number of nitrogens with one attached hydrogen (secondary N) is 1. The van der Waals surface area contributed by atoms with Crippen LogP contribution in [0.15, 0.2) is 41.6 Å². The lowest BCUT2D eigenvalue weighted by Gasteiger charge is -2.06. The molecule has 0 saturated carbocycles. The standard InChI is InChI=1S/C15H21N3S/c1-3-16-11-13-5-7-14(8-6-13)19-12-15-17-9-10-18(15)4-2/h5-10,16H,3-4,11-12H2,1-2H3. The molecule has 0 amide bonds. The summed E-state index contributed by atoms with van der Waals surface area (Å²) in [6.07, 6.45) is 3.91. The van der Waals surface area contributed by atoms with Gasteiger partial charge in [-0.1, -0.05) is 19.1 Å². The Morgan fingerprint density at radius 2 is 2.00 bits per heavy atom. The van der Waals surface area contributed by atoms with Gasteiger partial charge >= 0.3 is 0 Å². The summed E-state index contributed by atoms with van der Waals surface area (Å²) >= 11 is 1.84. The minimum absolute atomic E-state index is 0.924. The maximum atomic E-state index is 4.39. The molecule has 19 heavy (non-hydrogen) atoms. The maximum Gasteiger partial charge on any atom is 0.119 e. The largest absolute Gasteiger partial charge is 0.335 e. The third-order valence-corrected chi connectivity index (χ3v) is 4.02. The third-order valence-electron chi connectivity index (χ3n) is 3.01. The normalized spacial score (nSPS) is 10.8. The third kappa shape index (κ3) is 4.11. The van der Waals surface area contributed by atoms with Gasteiger partial charge in [-0.25, -0.2) is 4.98 Å². The van der Waals surface area contributed by atoms with Gasteiger partial charge in [-0.15, -0.1) is 11.8 Å². The number of thioether (sulfide) groups is 1. The zero-order valence-corrected chi connectivity index (χ0v) is 12.4. The van der Waals surface area contributed by atoms with E-state index in [0.29, 0.717) is 0 Å². The van der Waals surface area contributed by atoms with Crippen LogP contribution in [-0.4, -0.2) is 16.1 Å². The Balaban J connectivity index is 1.89. The molecule has 1 aromatic carbocycles. The SMILES string of the molecule is CCNCc1ccc(SCc2nccn2CC)cc1. The average Bonchev–Trinajstić information content (AvgIpc) is 2.91. The number of rotatable bonds is 7. The second-order valence-electron chi connectivity index (χ2n) is 4.34. The van der Waals surface area contributed by atoms with E-state index in [9.17, 15) is 0 Å². The summed E-state index contributed by atoms with van der Waals surface area (Å²) in [5.74, 6) is 2.07. The monoisotopic (exact) mass is 275 g/mol. The highest BCUT2D eigenvalue weighted by Gasteiger charge is 2.02. The molecule has 3 nitrogen and oxygen atoms in total. The molecule has 0 saturated heterocycles. The van der Waals surface area contributed by atoms with Gasteiger partial charge in [0.25, 0.3) is 0 Å². The Kier molecular flexibility index (Phi) is 5.48. The van der Waals surface area contributed by atoms with Crippen LogP contribution < -0.4 is 5.32 Å². The highest BCUT2D eigenvalue weighted by atomic mass is 32.2. The molecule has 0 atom stereocenters. The molecule has 1 aromatic heterocycles. The summed E-state index contributed by atoms with van der Waals surface area (Å²) in [4.78, 5) is 5.69. The number of aryl methyl sites for hydroxylation is 1. The van der Waals surface area contributed by atoms with Gasteiger partial charge in [-0.2, -0.15) is 0 Å². The van der Waals surface area contributed by atoms with Gasteiger partial charge in [0.05, 0.1) is 5.75 Å². The minimum Gasteiger partial charge on any atom is -0.335 e. The lowest BCUT2D eigenvalue weighted by atomic mass is 10.2. The van der Waals surface area contributed by atoms with Crippen LogP contribution in [0.5, 0.6) is 0 Å². The van der Waals surface area contributed by atoms with Crippen LogP contribution in [0.3, 0.4) is 0 Å². The van der Waals surface area contributed by atoms with Crippen molar-refractivity contribution in [2.24, 2.45) is 0 Å². The van der Waals surface area contributed by atoms with Crippen molar-refractivity contribution in [3.05, 3.63) is 48.0 Å². The van der Waals surface area contributed by atoms with Gasteiger partial charge in [-0.05, 0) is 31.2 Å². The lowest BCUT2D eigenvalue weighted by molar-refractivity contribution is 0.725. The molecule has 0 spiro atoms. The van der Waals surface area contributed by atoms with Crippen molar-refractivity contribution < 1.29 is 0 Å². The van der Waals surface area contributed by atoms with Crippen LogP contribution in [0.25, 0.3) is 0 Å². The second-order valence-corrected chi connectivity index (χ2v) is 5.39. The fourth-order valence-electron chi connectivity index (χ4n) is 1.89. The number of hydrogen-bond acceptors (Lipinski definition) is 3. The van der Waals surface area contributed by atoms with Gasteiger partial charge in [0, 0.05) is 30.4 Å². The summed E-state index contributed by atoms with van der Waals surface area (Å²) in [5, 5.41) is 3.33. The van der Waals surface area contributed by atoms with E-state index in [1.54, 1.807) is 0 Å². The van der Waals surface area contributed by atoms with Crippen LogP contribution in [0.2, 0.25) is 0 Å². The van der Waals surface area contributed by atoms with Crippen molar-refractivity contribution in [3.63, 3.8) is 0 Å². The van der Waals surface area contributed by atoms with Crippen molar-refractivity contribution in [2.75, 3.05) is 6.54 Å². The molecular formula is C15H21N3S. The zero-order chi connectivity index (χ0) is 13.5. The lowest BCUT2D eigenvalue weighted by Crippen LogP contribution is -2.11. The van der Waals surface area contributed by atoms with E-state index in [2.05, 4.69) is 53.0 Å². The van der Waals surface area contributed by atoms with Crippen LogP contribution in [-0.2, 0) is 18.8 Å². The Hall–Kier alpha value is -1.26. The molecule has 0 unspecified atom stereocenters. The summed E-state index contributed by atoms with van der Waals surface area (Å²) < 4.78 is 2.19. The van der Waals surface area contributed by atoms with Crippen LogP contribution >= 0.6 is 11.8 Å². The number of nitrogens with zero attached hydrogens (tertiary/aromatic N) is 2. The van der Waals surface area contributed by atoms with Gasteiger partial charge in [-0.3, -0.25) is 0 Å². The molecule has 0 aliphatic rings. The first-order valence-corrected chi connectivity index (χ1v) is 7.74. The maximum absolute atomic E-state index is 4.39. The number of hydrogen-bond donors (Lipinski definition) is 1. The molecular weight excluding hydrogens is 254 g/mol. The fraction of sp³-hybridized carbons (Fsp3) is 0.400. The van der Waals surface area contributed by atoms with E-state index in [1.165, 1.54) is 10.5 Å². The van der Waals surface area contributed by atoms with Crippen molar-refractivity contribution in [3.8, 4) is 0 Å². The highest BCUT2D eigenvalue weighted by molar-refractivity contribution is 7.98. The van der Waals surface area contributed by atoms with Crippen LogP contribution in [0, 0.1) is 0 Å². The Morgan fingerprint density at radius 3 is 2.68 bits per heavy atom. The minimum atomic E-state index is 0.924. The Morgan fingerprint density at radius 1 is 1.21 bits per heavy atom. The summed E-state index contributed by atoms with van der Waals surface area (Å²) in [5.41, 5.74) is 1.33. The predicted octanol–water partition coefficient (Wildman–Crippen LogP) is 3.30. The predicted molar refractivity (Wildman–Crippen MR) is 81.3 cm³/mol. The molecule has 0 aliphatic heterocycles. The van der Waals surface area contributed by atoms with Crippen LogP contribution in [0.1, 0.15) is 25.2 Å². The van der Waals surface area contributed by atoms with E-state index in [0.717, 1.165) is 31.2 Å². The van der Waals surface area contributed by atoms with Gasteiger partial charge < -0.3 is 9.88 Å². The average molecular weight is 275 g/mol. The van der Waals surface area contributed by atoms with E-state index >= 15 is 0 Å². The number of benzene rings is 1. The van der Waals surface area contributed by atoms with Crippen LogP contribution in [0.4, 0.5) is 0 Å². The number of imidazole rings is 1. The highest BCUT2D eigenvalue weighted by Crippen LogP contribution is 2.22. The topological polar surface area (TPSA) is 29.9 Å². The second kappa shape index (κ2) is 7.36. The Bertz CT molecular complexity index is 490. The van der Waals surface area contributed by atoms with E-state index in [-0.39, 0.29) is 0 Å². The van der Waals surface area contributed by atoms with E-state index < -0.39 is 0 Å². The summed E-state index contributed by atoms with van der Waals surface area (Å²) in [6, 6.07) is 8.77. The molecule has 2 aromatic rings. The van der Waals surface area contributed by atoms with Crippen molar-refractivity contribution >= 4 is 11.8 Å². The van der Waals surface area contributed by atoms with Gasteiger partial charge in [0.2, 0.25) is 0 Å². The first-order valence-electron chi connectivity index (χ1n) is 6.76. The van der Waals surface area contributed by atoms with Gasteiger partial charge in [0.1, 0.15) is 5.82 Å². The quantitative estimate of drug-likeness (QED) is 0.786. The smallest absolute Gasteiger partial charge is 0.119 e. The van der Waals surface area contributed by atoms with Gasteiger partial charge in [0.15, 0.2) is 0 Å². The molecule has 1 heterocycles. The molecule has 0 aliphatic carbocycles. The van der Waals surface area contributed by atoms with Crippen molar-refractivity contribution in [1.29, 1.82) is 0 Å². The van der Waals surface area contributed by atoms with Crippen molar-refractivity contribution in [1.82, 2.24) is 14.9 Å². The first kappa shape index (κ1) is 14.2. The zero-order valence-electron chi connectivity index (χ0n) is 11.6. The molecule has 4 heteroatoms. The number of aromatic nitrogens is 2. The van der Waals surface area contributed by atoms with E-state index in [1.807, 2.05) is 24.2 Å².